The van der Waals surface area contributed by atoms with Crippen LogP contribution in [0.15, 0.2) is 0 Å². The second-order valence-electron chi connectivity index (χ2n) is 5.15. The molecular formula is C11H21NO. The Morgan fingerprint density at radius 3 is 2.69 bits per heavy atom. The van der Waals surface area contributed by atoms with Gasteiger partial charge in [0.15, 0.2) is 0 Å². The van der Waals surface area contributed by atoms with E-state index in [1.165, 1.54) is 19.3 Å². The molecule has 13 heavy (non-hydrogen) atoms. The summed E-state index contributed by atoms with van der Waals surface area (Å²) in [5.41, 5.74) is 0. The van der Waals surface area contributed by atoms with Gasteiger partial charge < -0.3 is 9.85 Å². The number of nitrogens with zero attached hydrogens (tertiary/aromatic N) is 1. The fourth-order valence-corrected chi connectivity index (χ4v) is 3.34. The largest absolute Gasteiger partial charge is 0.632 e. The van der Waals surface area contributed by atoms with Gasteiger partial charge in [-0.3, -0.25) is 0 Å². The molecule has 0 radical (unpaired) electrons. The summed E-state index contributed by atoms with van der Waals surface area (Å²) in [5.74, 6) is 0.776. The Morgan fingerprint density at radius 1 is 1.15 bits per heavy atom. The SMILES string of the molecule is C[C@H]1C[C@@H]2CCCC[N+]2([O-])[C@@H](C)C1. The predicted molar refractivity (Wildman–Crippen MR) is 54.0 cm³/mol. The van der Waals surface area contributed by atoms with Crippen molar-refractivity contribution < 1.29 is 4.65 Å². The summed E-state index contributed by atoms with van der Waals surface area (Å²) in [5, 5.41) is 12.5. The molecule has 0 spiro atoms. The standard InChI is InChI=1S/C11H21NO/c1-9-7-10(2)12(13)6-4-3-5-11(12)8-9/h9-11H,3-8H2,1-2H3/t9-,10+,11+,12?/m1/s1. The molecule has 0 aromatic rings. The molecule has 2 saturated heterocycles. The zero-order chi connectivity index (χ0) is 9.47. The quantitative estimate of drug-likeness (QED) is 0.418. The summed E-state index contributed by atoms with van der Waals surface area (Å²) in [6.07, 6.45) is 5.93. The highest BCUT2D eigenvalue weighted by Crippen LogP contribution is 2.38. The van der Waals surface area contributed by atoms with Gasteiger partial charge in [0, 0.05) is 12.8 Å². The molecule has 0 N–H and O–H groups in total. The molecule has 0 saturated carbocycles. The molecule has 2 heterocycles. The summed E-state index contributed by atoms with van der Waals surface area (Å²) < 4.78 is 0.143. The first kappa shape index (κ1) is 9.47. The Morgan fingerprint density at radius 2 is 1.92 bits per heavy atom. The molecule has 76 valence electrons. The Bertz CT molecular complexity index is 195. The molecule has 0 aromatic heterocycles. The Kier molecular flexibility index (Phi) is 2.37. The highest BCUT2D eigenvalue weighted by atomic mass is 16.6. The minimum atomic E-state index is 0.143. The Balaban J connectivity index is 2.15. The van der Waals surface area contributed by atoms with Crippen LogP contribution in [-0.4, -0.2) is 23.3 Å². The van der Waals surface area contributed by atoms with Crippen molar-refractivity contribution in [2.24, 2.45) is 5.92 Å². The fraction of sp³-hybridized carbons (Fsp3) is 1.00. The van der Waals surface area contributed by atoms with Crippen LogP contribution in [0, 0.1) is 11.1 Å². The first-order valence-corrected chi connectivity index (χ1v) is 5.71. The van der Waals surface area contributed by atoms with Crippen LogP contribution >= 0.6 is 0 Å². The number of rotatable bonds is 0. The molecule has 0 bridgehead atoms. The van der Waals surface area contributed by atoms with Crippen molar-refractivity contribution in [2.45, 2.75) is 58.0 Å². The molecule has 1 unspecified atom stereocenters. The van der Waals surface area contributed by atoms with E-state index in [2.05, 4.69) is 13.8 Å². The van der Waals surface area contributed by atoms with Crippen LogP contribution in [0.25, 0.3) is 0 Å². The topological polar surface area (TPSA) is 23.1 Å². The smallest absolute Gasteiger partial charge is 0.0892 e. The molecule has 2 fully saturated rings. The van der Waals surface area contributed by atoms with Gasteiger partial charge in [-0.25, -0.2) is 0 Å². The summed E-state index contributed by atoms with van der Waals surface area (Å²) in [6, 6.07) is 0.793. The van der Waals surface area contributed by atoms with Gasteiger partial charge in [-0.1, -0.05) is 6.92 Å². The van der Waals surface area contributed by atoms with Crippen molar-refractivity contribution in [3.05, 3.63) is 5.21 Å². The summed E-state index contributed by atoms with van der Waals surface area (Å²) >= 11 is 0. The van der Waals surface area contributed by atoms with E-state index < -0.39 is 0 Å². The number of hydroxylamine groups is 3. The number of piperidine rings is 2. The third kappa shape index (κ3) is 1.50. The molecule has 2 rings (SSSR count). The van der Waals surface area contributed by atoms with Crippen molar-refractivity contribution in [2.75, 3.05) is 6.54 Å². The molecule has 4 atom stereocenters. The molecule has 2 heteroatoms. The van der Waals surface area contributed by atoms with E-state index in [1.54, 1.807) is 0 Å². The lowest BCUT2D eigenvalue weighted by atomic mass is 9.83. The van der Waals surface area contributed by atoms with Crippen LogP contribution in [0.1, 0.15) is 46.0 Å². The number of fused-ring (bicyclic) bond motifs is 1. The minimum absolute atomic E-state index is 0.143. The van der Waals surface area contributed by atoms with Gasteiger partial charge in [0.2, 0.25) is 0 Å². The average Bonchev–Trinajstić information content (AvgIpc) is 2.07. The lowest BCUT2D eigenvalue weighted by molar-refractivity contribution is -0.938. The first-order chi connectivity index (χ1) is 6.13. The van der Waals surface area contributed by atoms with Crippen LogP contribution < -0.4 is 0 Å². The van der Waals surface area contributed by atoms with Gasteiger partial charge in [0.05, 0.1) is 18.6 Å². The van der Waals surface area contributed by atoms with E-state index in [-0.39, 0.29) is 4.65 Å². The van der Waals surface area contributed by atoms with Crippen molar-refractivity contribution in [1.29, 1.82) is 0 Å². The molecule has 0 aliphatic carbocycles. The molecule has 0 amide bonds. The monoisotopic (exact) mass is 183 g/mol. The molecule has 2 aliphatic heterocycles. The first-order valence-electron chi connectivity index (χ1n) is 5.71. The summed E-state index contributed by atoms with van der Waals surface area (Å²) in [7, 11) is 0. The number of quaternary nitrogens is 1. The van der Waals surface area contributed by atoms with E-state index in [0.717, 1.165) is 25.3 Å². The lowest BCUT2D eigenvalue weighted by Crippen LogP contribution is -2.61. The van der Waals surface area contributed by atoms with Crippen molar-refractivity contribution in [3.8, 4) is 0 Å². The fourth-order valence-electron chi connectivity index (χ4n) is 3.34. The van der Waals surface area contributed by atoms with E-state index >= 15 is 0 Å². The number of hydrogen-bond donors (Lipinski definition) is 0. The zero-order valence-electron chi connectivity index (χ0n) is 8.83. The van der Waals surface area contributed by atoms with E-state index in [9.17, 15) is 5.21 Å². The van der Waals surface area contributed by atoms with Gasteiger partial charge in [0.25, 0.3) is 0 Å². The average molecular weight is 183 g/mol. The maximum Gasteiger partial charge on any atom is 0.0892 e. The van der Waals surface area contributed by atoms with Crippen molar-refractivity contribution in [3.63, 3.8) is 0 Å². The van der Waals surface area contributed by atoms with E-state index in [0.29, 0.717) is 12.1 Å². The van der Waals surface area contributed by atoms with Gasteiger partial charge >= 0.3 is 0 Å². The van der Waals surface area contributed by atoms with Gasteiger partial charge in [-0.15, -0.1) is 0 Å². The van der Waals surface area contributed by atoms with Crippen molar-refractivity contribution >= 4 is 0 Å². The molecular weight excluding hydrogens is 162 g/mol. The zero-order valence-corrected chi connectivity index (χ0v) is 8.83. The summed E-state index contributed by atoms with van der Waals surface area (Å²) in [6.45, 7) is 5.34. The van der Waals surface area contributed by atoms with E-state index in [1.807, 2.05) is 0 Å². The van der Waals surface area contributed by atoms with Crippen LogP contribution in [0.3, 0.4) is 0 Å². The minimum Gasteiger partial charge on any atom is -0.632 e. The normalized spacial score (nSPS) is 51.5. The predicted octanol–water partition coefficient (Wildman–Crippen LogP) is 2.67. The third-order valence-electron chi connectivity index (χ3n) is 4.08. The highest BCUT2D eigenvalue weighted by molar-refractivity contribution is 4.79. The maximum absolute atomic E-state index is 12.5. The van der Waals surface area contributed by atoms with Gasteiger partial charge in [-0.05, 0) is 32.1 Å². The van der Waals surface area contributed by atoms with Crippen LogP contribution in [0.5, 0.6) is 0 Å². The van der Waals surface area contributed by atoms with Crippen molar-refractivity contribution in [1.82, 2.24) is 0 Å². The lowest BCUT2D eigenvalue weighted by Gasteiger charge is -2.59. The second-order valence-corrected chi connectivity index (χ2v) is 5.15. The molecule has 2 nitrogen and oxygen atoms in total. The maximum atomic E-state index is 12.5. The Hall–Kier alpha value is -0.0800. The van der Waals surface area contributed by atoms with Crippen LogP contribution in [0.2, 0.25) is 0 Å². The molecule has 2 aliphatic rings. The Labute approximate surface area is 81.1 Å². The summed E-state index contributed by atoms with van der Waals surface area (Å²) in [4.78, 5) is 0. The number of hydrogen-bond acceptors (Lipinski definition) is 1. The third-order valence-corrected chi connectivity index (χ3v) is 4.08. The van der Waals surface area contributed by atoms with E-state index in [4.69, 9.17) is 0 Å². The highest BCUT2D eigenvalue weighted by Gasteiger charge is 2.41. The molecule has 0 aromatic carbocycles. The van der Waals surface area contributed by atoms with Gasteiger partial charge in [0.1, 0.15) is 0 Å². The van der Waals surface area contributed by atoms with Crippen LogP contribution in [0.4, 0.5) is 0 Å². The van der Waals surface area contributed by atoms with Crippen LogP contribution in [-0.2, 0) is 0 Å². The second kappa shape index (κ2) is 3.25. The van der Waals surface area contributed by atoms with Gasteiger partial charge in [-0.2, -0.15) is 0 Å².